The van der Waals surface area contributed by atoms with Crippen LogP contribution in [-0.2, 0) is 16.2 Å². The number of likely N-dealkylation sites (N-methyl/N-ethyl adjacent to an activating group) is 1. The Balaban J connectivity index is 1.58. The molecule has 0 unspecified atom stereocenters. The van der Waals surface area contributed by atoms with Crippen LogP contribution in [0, 0.1) is 5.92 Å². The minimum absolute atomic E-state index is 0.0219. The fourth-order valence-corrected chi connectivity index (χ4v) is 6.85. The lowest BCUT2D eigenvalue weighted by Gasteiger charge is -2.38. The van der Waals surface area contributed by atoms with Crippen LogP contribution < -0.4 is 15.4 Å². The first-order valence-electron chi connectivity index (χ1n) is 13.2. The predicted molar refractivity (Wildman–Crippen MR) is 156 cm³/mol. The summed E-state index contributed by atoms with van der Waals surface area (Å²) in [6.45, 7) is 3.32. The highest BCUT2D eigenvalue weighted by molar-refractivity contribution is 7.91. The standard InChI is InChI=1S/C28H31F3N4O6S2/c1-17-14-35(18(2)16-36)26(37)22-13-21(33-27(38)32-20-8-6-19(7-9-20)28(29,30)31)10-11-23(22)41-24(17)15-34(3)43(39,40)25-5-4-12-42-25/h4-13,17-18,24,36H,14-16H2,1-3H3,(H2,32,33,38)/t17-,18-,24+/m1/s1. The Labute approximate surface area is 251 Å². The number of hydrogen-bond acceptors (Lipinski definition) is 7. The number of carbonyl (C=O) groups excluding carboxylic acids is 2. The molecule has 15 heteroatoms. The number of ether oxygens (including phenoxy) is 1. The molecule has 232 valence electrons. The zero-order valence-corrected chi connectivity index (χ0v) is 25.1. The van der Waals surface area contributed by atoms with Gasteiger partial charge in [0.05, 0.1) is 30.3 Å². The van der Waals surface area contributed by atoms with Gasteiger partial charge in [-0.2, -0.15) is 17.5 Å². The number of thiophene rings is 1. The van der Waals surface area contributed by atoms with Crippen molar-refractivity contribution in [2.45, 2.75) is 36.4 Å². The van der Waals surface area contributed by atoms with Crippen molar-refractivity contribution in [1.29, 1.82) is 0 Å². The lowest BCUT2D eigenvalue weighted by molar-refractivity contribution is -0.137. The minimum atomic E-state index is -4.51. The summed E-state index contributed by atoms with van der Waals surface area (Å²) >= 11 is 1.10. The number of fused-ring (bicyclic) bond motifs is 1. The van der Waals surface area contributed by atoms with Crippen molar-refractivity contribution in [3.8, 4) is 5.75 Å². The Bertz CT molecular complexity index is 1550. The normalized spacial score (nSPS) is 18.3. The van der Waals surface area contributed by atoms with Crippen molar-refractivity contribution in [3.05, 3.63) is 71.1 Å². The number of urea groups is 1. The number of aliphatic hydroxyl groups is 1. The van der Waals surface area contributed by atoms with Gasteiger partial charge >= 0.3 is 12.2 Å². The Hall–Kier alpha value is -3.66. The van der Waals surface area contributed by atoms with E-state index >= 15 is 0 Å². The number of nitrogens with one attached hydrogen (secondary N) is 2. The highest BCUT2D eigenvalue weighted by atomic mass is 32.2. The lowest BCUT2D eigenvalue weighted by Crippen LogP contribution is -2.50. The Morgan fingerprint density at radius 1 is 1.16 bits per heavy atom. The summed E-state index contributed by atoms with van der Waals surface area (Å²) in [6, 6.07) is 10.1. The first-order valence-corrected chi connectivity index (χ1v) is 15.5. The van der Waals surface area contributed by atoms with Gasteiger partial charge in [-0.05, 0) is 60.8 Å². The molecular formula is C28H31F3N4O6S2. The number of sulfonamides is 1. The van der Waals surface area contributed by atoms with Crippen molar-refractivity contribution in [1.82, 2.24) is 9.21 Å². The van der Waals surface area contributed by atoms with Gasteiger partial charge in [0, 0.05) is 30.9 Å². The fourth-order valence-electron chi connectivity index (χ4n) is 4.47. The Kier molecular flexibility index (Phi) is 9.69. The van der Waals surface area contributed by atoms with Crippen LogP contribution in [0.3, 0.4) is 0 Å². The molecule has 4 rings (SSSR count). The number of carbonyl (C=O) groups is 2. The van der Waals surface area contributed by atoms with Crippen LogP contribution in [0.1, 0.15) is 29.8 Å². The first kappa shape index (κ1) is 32.3. The van der Waals surface area contributed by atoms with E-state index in [1.165, 1.54) is 40.5 Å². The molecule has 1 aromatic heterocycles. The van der Waals surface area contributed by atoms with E-state index in [4.69, 9.17) is 4.74 Å². The van der Waals surface area contributed by atoms with Crippen LogP contribution in [0.4, 0.5) is 29.3 Å². The molecule has 0 spiro atoms. The molecule has 0 fully saturated rings. The molecule has 43 heavy (non-hydrogen) atoms. The quantitative estimate of drug-likeness (QED) is 0.320. The summed E-state index contributed by atoms with van der Waals surface area (Å²) in [4.78, 5) is 27.7. The van der Waals surface area contributed by atoms with Gasteiger partial charge in [-0.1, -0.05) is 13.0 Å². The number of hydrogen-bond donors (Lipinski definition) is 3. The van der Waals surface area contributed by atoms with E-state index in [0.717, 1.165) is 35.6 Å². The maximum absolute atomic E-state index is 13.6. The Morgan fingerprint density at radius 3 is 2.42 bits per heavy atom. The number of benzene rings is 2. The lowest BCUT2D eigenvalue weighted by atomic mass is 9.99. The number of anilines is 2. The maximum Gasteiger partial charge on any atom is 0.416 e. The summed E-state index contributed by atoms with van der Waals surface area (Å²) in [7, 11) is -2.33. The molecule has 0 radical (unpaired) electrons. The summed E-state index contributed by atoms with van der Waals surface area (Å²) < 4.78 is 72.2. The monoisotopic (exact) mass is 640 g/mol. The second-order valence-corrected chi connectivity index (χ2v) is 13.4. The van der Waals surface area contributed by atoms with Crippen LogP contribution in [0.15, 0.2) is 64.2 Å². The number of rotatable bonds is 8. The third kappa shape index (κ3) is 7.47. The van der Waals surface area contributed by atoms with Gasteiger partial charge in [-0.15, -0.1) is 11.3 Å². The molecule has 3 atom stereocenters. The van der Waals surface area contributed by atoms with Crippen LogP contribution >= 0.6 is 11.3 Å². The topological polar surface area (TPSA) is 128 Å². The molecule has 0 bridgehead atoms. The molecule has 0 saturated heterocycles. The van der Waals surface area contributed by atoms with Crippen molar-refractivity contribution in [2.24, 2.45) is 5.92 Å². The molecule has 2 heterocycles. The SMILES string of the molecule is C[C@@H]1CN([C@H](C)CO)C(=O)c2cc(NC(=O)Nc3ccc(C(F)(F)F)cc3)ccc2O[C@H]1CN(C)S(=O)(=O)c1cccs1. The number of nitrogens with zero attached hydrogens (tertiary/aromatic N) is 2. The average Bonchev–Trinajstić information content (AvgIpc) is 3.51. The van der Waals surface area contributed by atoms with Gasteiger partial charge < -0.3 is 25.4 Å². The molecule has 0 saturated carbocycles. The molecule has 2 aromatic carbocycles. The van der Waals surface area contributed by atoms with E-state index in [2.05, 4.69) is 10.6 Å². The van der Waals surface area contributed by atoms with E-state index in [1.54, 1.807) is 18.4 Å². The number of amides is 3. The summed E-state index contributed by atoms with van der Waals surface area (Å²) in [6.07, 6.45) is -5.19. The van der Waals surface area contributed by atoms with Gasteiger partial charge in [0.15, 0.2) is 0 Å². The third-order valence-corrected chi connectivity index (χ3v) is 10.2. The van der Waals surface area contributed by atoms with E-state index in [0.29, 0.717) is 0 Å². The Morgan fingerprint density at radius 2 is 1.81 bits per heavy atom. The number of alkyl halides is 3. The zero-order chi connectivity index (χ0) is 31.5. The third-order valence-electron chi connectivity index (χ3n) is 6.99. The molecule has 1 aliphatic heterocycles. The highest BCUT2D eigenvalue weighted by Gasteiger charge is 2.35. The molecule has 3 amide bonds. The molecule has 0 aliphatic carbocycles. The van der Waals surface area contributed by atoms with E-state index < -0.39 is 45.8 Å². The van der Waals surface area contributed by atoms with Crippen LogP contribution in [-0.4, -0.2) is 73.6 Å². The maximum atomic E-state index is 13.6. The van der Waals surface area contributed by atoms with Gasteiger partial charge in [0.25, 0.3) is 15.9 Å². The van der Waals surface area contributed by atoms with E-state index in [9.17, 15) is 36.3 Å². The van der Waals surface area contributed by atoms with Gasteiger partial charge in [0.1, 0.15) is 16.1 Å². The van der Waals surface area contributed by atoms with E-state index in [1.807, 2.05) is 6.92 Å². The van der Waals surface area contributed by atoms with Gasteiger partial charge in [0.2, 0.25) is 0 Å². The van der Waals surface area contributed by atoms with Gasteiger partial charge in [-0.25, -0.2) is 13.2 Å². The van der Waals surface area contributed by atoms with Crippen molar-refractivity contribution in [2.75, 3.05) is 37.4 Å². The minimum Gasteiger partial charge on any atom is -0.488 e. The summed E-state index contributed by atoms with van der Waals surface area (Å²) in [5, 5.41) is 16.5. The highest BCUT2D eigenvalue weighted by Crippen LogP contribution is 2.32. The first-order chi connectivity index (χ1) is 20.2. The average molecular weight is 641 g/mol. The van der Waals surface area contributed by atoms with Crippen molar-refractivity contribution >= 4 is 44.7 Å². The number of halogens is 3. The molecular weight excluding hydrogens is 609 g/mol. The molecule has 3 N–H and O–H groups in total. The second-order valence-electron chi connectivity index (χ2n) is 10.2. The zero-order valence-electron chi connectivity index (χ0n) is 23.5. The molecule has 3 aromatic rings. The smallest absolute Gasteiger partial charge is 0.416 e. The largest absolute Gasteiger partial charge is 0.488 e. The van der Waals surface area contributed by atoms with Crippen molar-refractivity contribution in [3.63, 3.8) is 0 Å². The molecule has 1 aliphatic rings. The summed E-state index contributed by atoms with van der Waals surface area (Å²) in [5.41, 5.74) is -0.464. The van der Waals surface area contributed by atoms with Gasteiger partial charge in [-0.3, -0.25) is 4.79 Å². The van der Waals surface area contributed by atoms with Crippen LogP contribution in [0.25, 0.3) is 0 Å². The van der Waals surface area contributed by atoms with E-state index in [-0.39, 0.29) is 52.5 Å². The summed E-state index contributed by atoms with van der Waals surface area (Å²) in [5.74, 6) is -0.639. The second kappa shape index (κ2) is 12.9. The molecule has 10 nitrogen and oxygen atoms in total. The predicted octanol–water partition coefficient (Wildman–Crippen LogP) is 4.95. The van der Waals surface area contributed by atoms with Crippen LogP contribution in [0.5, 0.6) is 5.75 Å². The van der Waals surface area contributed by atoms with Crippen molar-refractivity contribution < 1.29 is 41.0 Å². The number of aliphatic hydroxyl groups excluding tert-OH is 1. The fraction of sp³-hybridized carbons (Fsp3) is 0.357. The van der Waals surface area contributed by atoms with Crippen LogP contribution in [0.2, 0.25) is 0 Å².